The lowest BCUT2D eigenvalue weighted by Gasteiger charge is -2.13. The first kappa shape index (κ1) is 15.4. The summed E-state index contributed by atoms with van der Waals surface area (Å²) in [6, 6.07) is 7.55. The van der Waals surface area contributed by atoms with Crippen molar-refractivity contribution in [3.05, 3.63) is 51.8 Å². The first-order valence-corrected chi connectivity index (χ1v) is 7.51. The molecule has 0 aliphatic carbocycles. The fraction of sp³-hybridized carbons (Fsp3) is 0.400. The van der Waals surface area contributed by atoms with E-state index in [4.69, 9.17) is 28.9 Å². The number of hydrogen-bond acceptors (Lipinski definition) is 2. The summed E-state index contributed by atoms with van der Waals surface area (Å²) in [4.78, 5) is 0. The van der Waals surface area contributed by atoms with Gasteiger partial charge in [-0.25, -0.2) is 0 Å². The van der Waals surface area contributed by atoms with E-state index < -0.39 is 0 Å². The van der Waals surface area contributed by atoms with Crippen LogP contribution in [-0.4, -0.2) is 9.78 Å². The number of rotatable bonds is 5. The molecule has 5 heteroatoms. The van der Waals surface area contributed by atoms with Crippen LogP contribution < -0.4 is 5.73 Å². The van der Waals surface area contributed by atoms with Gasteiger partial charge >= 0.3 is 0 Å². The second-order valence-corrected chi connectivity index (χ2v) is 5.86. The van der Waals surface area contributed by atoms with Gasteiger partial charge in [0.2, 0.25) is 0 Å². The molecule has 0 spiro atoms. The van der Waals surface area contributed by atoms with E-state index in [0.29, 0.717) is 22.5 Å². The van der Waals surface area contributed by atoms with E-state index >= 15 is 0 Å². The Labute approximate surface area is 129 Å². The van der Waals surface area contributed by atoms with Gasteiger partial charge in [0.25, 0.3) is 0 Å². The van der Waals surface area contributed by atoms with Crippen molar-refractivity contribution in [3.63, 3.8) is 0 Å². The Hall–Kier alpha value is -1.03. The van der Waals surface area contributed by atoms with Crippen molar-refractivity contribution in [3.8, 4) is 0 Å². The lowest BCUT2D eigenvalue weighted by atomic mass is 10.0. The Morgan fingerprint density at radius 2 is 2.05 bits per heavy atom. The summed E-state index contributed by atoms with van der Waals surface area (Å²) in [6.45, 7) is 4.29. The van der Waals surface area contributed by atoms with Crippen LogP contribution in [0.2, 0.25) is 10.0 Å². The molecule has 0 radical (unpaired) electrons. The Morgan fingerprint density at radius 3 is 2.75 bits per heavy atom. The largest absolute Gasteiger partial charge is 0.324 e. The number of nitrogens with two attached hydrogens (primary N) is 1. The SMILES string of the molecule is CCC(C)n1ccc(CC(N)c2cc(Cl)ccc2Cl)n1. The number of hydrogen-bond donors (Lipinski definition) is 1. The highest BCUT2D eigenvalue weighted by Gasteiger charge is 2.14. The molecular formula is C15H19Cl2N3. The van der Waals surface area contributed by atoms with Crippen LogP contribution in [0, 0.1) is 0 Å². The molecule has 108 valence electrons. The normalized spacial score (nSPS) is 14.2. The van der Waals surface area contributed by atoms with E-state index in [1.165, 1.54) is 0 Å². The van der Waals surface area contributed by atoms with Crippen molar-refractivity contribution < 1.29 is 0 Å². The third-order valence-corrected chi connectivity index (χ3v) is 4.07. The lowest BCUT2D eigenvalue weighted by Crippen LogP contribution is -2.15. The van der Waals surface area contributed by atoms with Gasteiger partial charge in [0.1, 0.15) is 0 Å². The molecule has 1 heterocycles. The fourth-order valence-electron chi connectivity index (χ4n) is 2.05. The van der Waals surface area contributed by atoms with Crippen LogP contribution in [0.5, 0.6) is 0 Å². The minimum Gasteiger partial charge on any atom is -0.324 e. The summed E-state index contributed by atoms with van der Waals surface area (Å²) in [6.07, 6.45) is 3.69. The van der Waals surface area contributed by atoms with E-state index in [-0.39, 0.29) is 6.04 Å². The second-order valence-electron chi connectivity index (χ2n) is 5.02. The molecule has 2 aromatic rings. The van der Waals surface area contributed by atoms with Gasteiger partial charge in [-0.1, -0.05) is 30.1 Å². The zero-order valence-corrected chi connectivity index (χ0v) is 13.2. The molecule has 0 saturated carbocycles. The van der Waals surface area contributed by atoms with Crippen LogP contribution in [-0.2, 0) is 6.42 Å². The van der Waals surface area contributed by atoms with Gasteiger partial charge in [-0.3, -0.25) is 4.68 Å². The molecule has 2 atom stereocenters. The zero-order chi connectivity index (χ0) is 14.7. The van der Waals surface area contributed by atoms with Crippen molar-refractivity contribution in [2.24, 2.45) is 5.73 Å². The van der Waals surface area contributed by atoms with Crippen molar-refractivity contribution in [2.75, 3.05) is 0 Å². The summed E-state index contributed by atoms with van der Waals surface area (Å²) in [5.74, 6) is 0. The van der Waals surface area contributed by atoms with E-state index in [9.17, 15) is 0 Å². The maximum atomic E-state index is 6.22. The Kier molecular flexibility index (Phi) is 5.08. The highest BCUT2D eigenvalue weighted by atomic mass is 35.5. The number of aromatic nitrogens is 2. The molecule has 1 aromatic carbocycles. The number of benzene rings is 1. The van der Waals surface area contributed by atoms with Crippen LogP contribution in [0.3, 0.4) is 0 Å². The van der Waals surface area contributed by atoms with Crippen LogP contribution >= 0.6 is 23.2 Å². The standard InChI is InChI=1S/C15H19Cl2N3/c1-3-10(2)20-7-6-12(19-20)9-15(18)13-8-11(16)4-5-14(13)17/h4-8,10,15H,3,9,18H2,1-2H3. The number of nitrogens with zero attached hydrogens (tertiary/aromatic N) is 2. The van der Waals surface area contributed by atoms with Crippen molar-refractivity contribution >= 4 is 23.2 Å². The maximum absolute atomic E-state index is 6.22. The lowest BCUT2D eigenvalue weighted by molar-refractivity contribution is 0.472. The topological polar surface area (TPSA) is 43.8 Å². The average molecular weight is 312 g/mol. The maximum Gasteiger partial charge on any atom is 0.0643 e. The Bertz CT molecular complexity index is 580. The van der Waals surface area contributed by atoms with Gasteiger partial charge < -0.3 is 5.73 Å². The summed E-state index contributed by atoms with van der Waals surface area (Å²) < 4.78 is 1.97. The van der Waals surface area contributed by atoms with Crippen LogP contribution in [0.1, 0.15) is 43.6 Å². The van der Waals surface area contributed by atoms with Gasteiger partial charge in [-0.2, -0.15) is 5.10 Å². The molecule has 2 rings (SSSR count). The smallest absolute Gasteiger partial charge is 0.0643 e. The summed E-state index contributed by atoms with van der Waals surface area (Å²) in [5, 5.41) is 5.84. The van der Waals surface area contributed by atoms with Gasteiger partial charge in [-0.05, 0) is 43.2 Å². The summed E-state index contributed by atoms with van der Waals surface area (Å²) in [7, 11) is 0. The molecule has 2 unspecified atom stereocenters. The van der Waals surface area contributed by atoms with Gasteiger partial charge in [0, 0.05) is 34.7 Å². The summed E-state index contributed by atoms with van der Waals surface area (Å²) >= 11 is 12.2. The molecule has 20 heavy (non-hydrogen) atoms. The van der Waals surface area contributed by atoms with E-state index in [1.54, 1.807) is 12.1 Å². The first-order valence-electron chi connectivity index (χ1n) is 6.75. The fourth-order valence-corrected chi connectivity index (χ4v) is 2.49. The van der Waals surface area contributed by atoms with Crippen LogP contribution in [0.25, 0.3) is 0 Å². The van der Waals surface area contributed by atoms with Crippen molar-refractivity contribution in [1.82, 2.24) is 9.78 Å². The Balaban J connectivity index is 2.13. The van der Waals surface area contributed by atoms with E-state index in [0.717, 1.165) is 17.7 Å². The first-order chi connectivity index (χ1) is 9.51. The van der Waals surface area contributed by atoms with Crippen LogP contribution in [0.4, 0.5) is 0 Å². The second kappa shape index (κ2) is 6.61. The van der Waals surface area contributed by atoms with E-state index in [1.807, 2.05) is 23.0 Å². The van der Waals surface area contributed by atoms with E-state index in [2.05, 4.69) is 18.9 Å². The van der Waals surface area contributed by atoms with Crippen molar-refractivity contribution in [1.29, 1.82) is 0 Å². The monoisotopic (exact) mass is 311 g/mol. The molecule has 3 nitrogen and oxygen atoms in total. The predicted octanol–water partition coefficient (Wildman–Crippen LogP) is 4.40. The van der Waals surface area contributed by atoms with Gasteiger partial charge in [0.05, 0.1) is 5.69 Å². The molecule has 0 saturated heterocycles. The Morgan fingerprint density at radius 1 is 1.30 bits per heavy atom. The molecule has 0 aliphatic heterocycles. The van der Waals surface area contributed by atoms with Crippen LogP contribution in [0.15, 0.2) is 30.5 Å². The quantitative estimate of drug-likeness (QED) is 0.889. The molecular weight excluding hydrogens is 293 g/mol. The highest BCUT2D eigenvalue weighted by molar-refractivity contribution is 6.33. The highest BCUT2D eigenvalue weighted by Crippen LogP contribution is 2.27. The van der Waals surface area contributed by atoms with Crippen molar-refractivity contribution in [2.45, 2.75) is 38.8 Å². The zero-order valence-electron chi connectivity index (χ0n) is 11.7. The minimum absolute atomic E-state index is 0.207. The third-order valence-electron chi connectivity index (χ3n) is 3.49. The average Bonchev–Trinajstić information content (AvgIpc) is 2.89. The predicted molar refractivity (Wildman–Crippen MR) is 84.3 cm³/mol. The molecule has 2 N–H and O–H groups in total. The summed E-state index contributed by atoms with van der Waals surface area (Å²) in [5.41, 5.74) is 8.05. The molecule has 0 amide bonds. The van der Waals surface area contributed by atoms with Gasteiger partial charge in [-0.15, -0.1) is 0 Å². The minimum atomic E-state index is -0.207. The molecule has 0 bridgehead atoms. The van der Waals surface area contributed by atoms with Gasteiger partial charge in [0.15, 0.2) is 0 Å². The third kappa shape index (κ3) is 3.54. The number of halogens is 2. The molecule has 1 aromatic heterocycles. The molecule has 0 fully saturated rings. The molecule has 0 aliphatic rings.